The van der Waals surface area contributed by atoms with Crippen LogP contribution in [0.4, 0.5) is 11.4 Å². The fourth-order valence-corrected chi connectivity index (χ4v) is 7.14. The van der Waals surface area contributed by atoms with Gasteiger partial charge in [0.2, 0.25) is 0 Å². The van der Waals surface area contributed by atoms with Crippen molar-refractivity contribution in [2.75, 3.05) is 9.80 Å². The summed E-state index contributed by atoms with van der Waals surface area (Å²) in [5.41, 5.74) is 7.59. The van der Waals surface area contributed by atoms with E-state index in [2.05, 4.69) is 54.6 Å². The Bertz CT molecular complexity index is 1970. The summed E-state index contributed by atoms with van der Waals surface area (Å²) in [6, 6.07) is 27.2. The maximum atomic E-state index is 12.7. The number of amides is 4. The Morgan fingerprint density at radius 3 is 1.16 bits per heavy atom. The Morgan fingerprint density at radius 2 is 0.800 bits per heavy atom. The van der Waals surface area contributed by atoms with Crippen LogP contribution < -0.4 is 9.80 Å². The number of hydrogen-bond acceptors (Lipinski definition) is 4. The second-order valence-electron chi connectivity index (χ2n) is 11.9. The van der Waals surface area contributed by atoms with Gasteiger partial charge in [-0.2, -0.15) is 0 Å². The van der Waals surface area contributed by atoms with E-state index in [1.54, 1.807) is 0 Å². The highest BCUT2D eigenvalue weighted by Crippen LogP contribution is 2.44. The number of imide groups is 2. The molecule has 0 saturated heterocycles. The Morgan fingerprint density at radius 1 is 0.467 bits per heavy atom. The minimum absolute atomic E-state index is 0.259. The van der Waals surface area contributed by atoms with Gasteiger partial charge in [-0.25, -0.2) is 9.80 Å². The third-order valence-corrected chi connectivity index (χ3v) is 8.86. The highest BCUT2D eigenvalue weighted by atomic mass is 16.2. The lowest BCUT2D eigenvalue weighted by Crippen LogP contribution is -2.31. The van der Waals surface area contributed by atoms with Gasteiger partial charge in [-0.3, -0.25) is 19.2 Å². The quantitative estimate of drug-likeness (QED) is 0.123. The van der Waals surface area contributed by atoms with Crippen molar-refractivity contribution in [2.24, 2.45) is 0 Å². The highest BCUT2D eigenvalue weighted by Gasteiger charge is 2.32. The number of carbonyl (C=O) groups excluding carboxylic acids is 4. The van der Waals surface area contributed by atoms with Crippen LogP contribution in [0.5, 0.6) is 0 Å². The molecule has 5 aromatic carbocycles. The molecule has 5 aromatic rings. The van der Waals surface area contributed by atoms with Crippen LogP contribution in [0.25, 0.3) is 21.5 Å². The lowest BCUT2D eigenvalue weighted by atomic mass is 9.78. The standard InChI is InChI=1S/C39H30N2O4/c1-22-17-28(18-23(2)38(22)40-32(42)13-14-33(40)43)36(29-19-24(3)39(25(4)20-29)41-34(44)15-16-35(41)45)37-30-11-7-5-9-26(30)21-27-10-6-8-12-31(27)37/h5-21,36H,1-4H3. The molecule has 0 atom stereocenters. The molecule has 0 spiro atoms. The normalized spacial score (nSPS) is 14.8. The molecule has 6 nitrogen and oxygen atoms in total. The van der Waals surface area contributed by atoms with Gasteiger partial charge in [0.25, 0.3) is 23.6 Å². The fraction of sp³-hybridized carbons (Fsp3) is 0.128. The van der Waals surface area contributed by atoms with Crippen LogP contribution in [-0.4, -0.2) is 23.6 Å². The maximum Gasteiger partial charge on any atom is 0.258 e. The summed E-state index contributed by atoms with van der Waals surface area (Å²) in [4.78, 5) is 53.1. The van der Waals surface area contributed by atoms with E-state index in [-0.39, 0.29) is 29.5 Å². The molecule has 220 valence electrons. The smallest absolute Gasteiger partial charge is 0.258 e. The van der Waals surface area contributed by atoms with Gasteiger partial charge in [-0.15, -0.1) is 0 Å². The van der Waals surface area contributed by atoms with Crippen molar-refractivity contribution < 1.29 is 19.2 Å². The van der Waals surface area contributed by atoms with Gasteiger partial charge in [-0.05, 0) is 94.3 Å². The van der Waals surface area contributed by atoms with Crippen LogP contribution in [0, 0.1) is 27.7 Å². The Labute approximate surface area is 260 Å². The molecule has 0 aromatic heterocycles. The second kappa shape index (κ2) is 10.5. The van der Waals surface area contributed by atoms with E-state index in [1.807, 2.05) is 52.0 Å². The van der Waals surface area contributed by atoms with Crippen molar-refractivity contribution >= 4 is 56.5 Å². The van der Waals surface area contributed by atoms with Gasteiger partial charge in [0, 0.05) is 30.2 Å². The van der Waals surface area contributed by atoms with Crippen LogP contribution in [0.3, 0.4) is 0 Å². The molecule has 7 rings (SSSR count). The second-order valence-corrected chi connectivity index (χ2v) is 11.9. The van der Waals surface area contributed by atoms with E-state index in [4.69, 9.17) is 0 Å². The number of nitrogens with zero attached hydrogens (tertiary/aromatic N) is 2. The largest absolute Gasteiger partial charge is 0.269 e. The summed E-state index contributed by atoms with van der Waals surface area (Å²) in [7, 11) is 0. The molecule has 6 heteroatoms. The Kier molecular flexibility index (Phi) is 6.59. The van der Waals surface area contributed by atoms with E-state index in [0.29, 0.717) is 11.4 Å². The number of anilines is 2. The number of aryl methyl sites for hydroxylation is 4. The molecule has 0 fully saturated rings. The molecule has 0 saturated carbocycles. The zero-order chi connectivity index (χ0) is 31.6. The molecule has 0 bridgehead atoms. The van der Waals surface area contributed by atoms with E-state index in [0.717, 1.165) is 60.5 Å². The first-order chi connectivity index (χ1) is 21.6. The van der Waals surface area contributed by atoms with Crippen LogP contribution in [0.15, 0.2) is 103 Å². The zero-order valence-electron chi connectivity index (χ0n) is 25.4. The number of fused-ring (bicyclic) bond motifs is 2. The first-order valence-electron chi connectivity index (χ1n) is 14.9. The van der Waals surface area contributed by atoms with Crippen LogP contribution in [-0.2, 0) is 19.2 Å². The van der Waals surface area contributed by atoms with Crippen molar-refractivity contribution in [1.82, 2.24) is 0 Å². The van der Waals surface area contributed by atoms with Crippen molar-refractivity contribution in [1.29, 1.82) is 0 Å². The summed E-state index contributed by atoms with van der Waals surface area (Å²) in [6.45, 7) is 7.72. The monoisotopic (exact) mass is 590 g/mol. The molecular formula is C39H30N2O4. The van der Waals surface area contributed by atoms with Crippen LogP contribution >= 0.6 is 0 Å². The third-order valence-electron chi connectivity index (χ3n) is 8.86. The Hall–Kier alpha value is -5.62. The molecule has 4 amide bonds. The molecule has 0 N–H and O–H groups in total. The minimum atomic E-state index is -0.349. The van der Waals surface area contributed by atoms with Gasteiger partial charge >= 0.3 is 0 Å². The fourth-order valence-electron chi connectivity index (χ4n) is 7.14. The zero-order valence-corrected chi connectivity index (χ0v) is 25.4. The van der Waals surface area contributed by atoms with E-state index >= 15 is 0 Å². The van der Waals surface area contributed by atoms with Gasteiger partial charge < -0.3 is 0 Å². The first kappa shape index (κ1) is 28.2. The number of rotatable bonds is 5. The Balaban J connectivity index is 1.51. The predicted molar refractivity (Wildman–Crippen MR) is 177 cm³/mol. The van der Waals surface area contributed by atoms with Gasteiger partial charge in [0.1, 0.15) is 0 Å². The average molecular weight is 591 g/mol. The SMILES string of the molecule is Cc1cc(C(c2cc(C)c(N3C(=O)C=CC3=O)c(C)c2)c2c3ccccc3cc3ccccc23)cc(C)c1N1C(=O)C=CC1=O. The van der Waals surface area contributed by atoms with Gasteiger partial charge in [0.05, 0.1) is 11.4 Å². The number of benzene rings is 5. The van der Waals surface area contributed by atoms with Crippen LogP contribution in [0.1, 0.15) is 44.9 Å². The average Bonchev–Trinajstić information content (AvgIpc) is 3.51. The molecule has 45 heavy (non-hydrogen) atoms. The summed E-state index contributed by atoms with van der Waals surface area (Å²) < 4.78 is 0. The molecular weight excluding hydrogens is 560 g/mol. The molecule has 0 aliphatic carbocycles. The van der Waals surface area contributed by atoms with Gasteiger partial charge in [-0.1, -0.05) is 72.8 Å². The third kappa shape index (κ3) is 4.49. The van der Waals surface area contributed by atoms with E-state index < -0.39 is 0 Å². The molecule has 0 radical (unpaired) electrons. The number of carbonyl (C=O) groups is 4. The summed E-state index contributed by atoms with van der Waals surface area (Å²) in [5, 5.41) is 4.46. The van der Waals surface area contributed by atoms with Crippen molar-refractivity contribution in [2.45, 2.75) is 33.6 Å². The van der Waals surface area contributed by atoms with Crippen molar-refractivity contribution in [3.05, 3.63) is 142 Å². The van der Waals surface area contributed by atoms with Crippen molar-refractivity contribution in [3.63, 3.8) is 0 Å². The summed E-state index contributed by atoms with van der Waals surface area (Å²) >= 11 is 0. The lowest BCUT2D eigenvalue weighted by Gasteiger charge is -2.28. The molecule has 2 aliphatic heterocycles. The molecule has 0 unspecified atom stereocenters. The predicted octanol–water partition coefficient (Wildman–Crippen LogP) is 7.27. The van der Waals surface area contributed by atoms with E-state index in [9.17, 15) is 19.2 Å². The van der Waals surface area contributed by atoms with Gasteiger partial charge in [0.15, 0.2) is 0 Å². The topological polar surface area (TPSA) is 74.8 Å². The summed E-state index contributed by atoms with van der Waals surface area (Å²) in [6.07, 6.45) is 5.22. The van der Waals surface area contributed by atoms with Crippen LogP contribution in [0.2, 0.25) is 0 Å². The first-order valence-corrected chi connectivity index (χ1v) is 14.9. The minimum Gasteiger partial charge on any atom is -0.269 e. The molecule has 2 aliphatic rings. The van der Waals surface area contributed by atoms with E-state index in [1.165, 1.54) is 34.1 Å². The summed E-state index contributed by atoms with van der Waals surface area (Å²) in [5.74, 6) is -1.66. The lowest BCUT2D eigenvalue weighted by molar-refractivity contribution is -0.121. The highest BCUT2D eigenvalue weighted by molar-refractivity contribution is 6.29. The van der Waals surface area contributed by atoms with Crippen molar-refractivity contribution in [3.8, 4) is 0 Å². The maximum absolute atomic E-state index is 12.7. The molecule has 2 heterocycles. The number of hydrogen-bond donors (Lipinski definition) is 0.